The van der Waals surface area contributed by atoms with Crippen molar-refractivity contribution in [1.29, 1.82) is 0 Å². The number of rotatable bonds is 5. The first kappa shape index (κ1) is 17.2. The number of hydrogen-bond acceptors (Lipinski definition) is 4. The van der Waals surface area contributed by atoms with Crippen molar-refractivity contribution < 1.29 is 14.7 Å². The van der Waals surface area contributed by atoms with Crippen LogP contribution in [0.15, 0.2) is 48.0 Å². The van der Waals surface area contributed by atoms with Crippen LogP contribution in [-0.4, -0.2) is 28.0 Å². The van der Waals surface area contributed by atoms with Crippen LogP contribution in [0.4, 0.5) is 0 Å². The van der Waals surface area contributed by atoms with E-state index in [0.717, 1.165) is 15.8 Å². The lowest BCUT2D eigenvalue weighted by atomic mass is 10.1. The maximum Gasteiger partial charge on any atom is 0.309 e. The summed E-state index contributed by atoms with van der Waals surface area (Å²) in [5.74, 6) is -1.46. The van der Waals surface area contributed by atoms with Gasteiger partial charge in [-0.2, -0.15) is 0 Å². The number of amides is 2. The van der Waals surface area contributed by atoms with Crippen LogP contribution in [0.25, 0.3) is 10.9 Å². The maximum atomic E-state index is 11.8. The lowest BCUT2D eigenvalue weighted by Crippen LogP contribution is -2.41. The zero-order chi connectivity index (χ0) is 17.8. The highest BCUT2D eigenvalue weighted by Gasteiger charge is 2.16. The SMILES string of the molecule is Cn1ccc2cc([C@H](O)CNC(=O)C(=O)NCc3cccs3)ccc21. The summed E-state index contributed by atoms with van der Waals surface area (Å²) in [7, 11) is 1.95. The van der Waals surface area contributed by atoms with Crippen LogP contribution in [0.3, 0.4) is 0 Å². The Labute approximate surface area is 149 Å². The molecule has 1 atom stereocenters. The molecule has 0 saturated carbocycles. The fraction of sp³-hybridized carbons (Fsp3) is 0.222. The van der Waals surface area contributed by atoms with Crippen molar-refractivity contribution >= 4 is 34.1 Å². The van der Waals surface area contributed by atoms with E-state index in [1.54, 1.807) is 0 Å². The van der Waals surface area contributed by atoms with Crippen LogP contribution >= 0.6 is 11.3 Å². The molecule has 0 fully saturated rings. The number of aryl methyl sites for hydroxylation is 1. The monoisotopic (exact) mass is 357 g/mol. The Kier molecular flexibility index (Phi) is 5.16. The van der Waals surface area contributed by atoms with E-state index in [4.69, 9.17) is 0 Å². The summed E-state index contributed by atoms with van der Waals surface area (Å²) in [5, 5.41) is 18.2. The van der Waals surface area contributed by atoms with E-state index in [2.05, 4.69) is 10.6 Å². The van der Waals surface area contributed by atoms with Gasteiger partial charge in [0.2, 0.25) is 0 Å². The van der Waals surface area contributed by atoms with E-state index in [9.17, 15) is 14.7 Å². The summed E-state index contributed by atoms with van der Waals surface area (Å²) in [6.07, 6.45) is 1.07. The number of fused-ring (bicyclic) bond motifs is 1. The summed E-state index contributed by atoms with van der Waals surface area (Å²) in [6.45, 7) is 0.292. The first-order chi connectivity index (χ1) is 12.0. The number of nitrogens with zero attached hydrogens (tertiary/aromatic N) is 1. The Morgan fingerprint density at radius 1 is 1.20 bits per heavy atom. The minimum Gasteiger partial charge on any atom is -0.387 e. The quantitative estimate of drug-likeness (QED) is 0.608. The van der Waals surface area contributed by atoms with Gasteiger partial charge in [-0.15, -0.1) is 11.3 Å². The maximum absolute atomic E-state index is 11.8. The molecule has 0 bridgehead atoms. The van der Waals surface area contributed by atoms with Gasteiger partial charge in [-0.1, -0.05) is 12.1 Å². The molecule has 1 aromatic carbocycles. The second-order valence-electron chi connectivity index (χ2n) is 5.73. The minimum atomic E-state index is -0.876. The number of aromatic nitrogens is 1. The van der Waals surface area contributed by atoms with Crippen molar-refractivity contribution in [2.24, 2.45) is 7.05 Å². The molecule has 25 heavy (non-hydrogen) atoms. The van der Waals surface area contributed by atoms with Crippen LogP contribution in [0.2, 0.25) is 0 Å². The van der Waals surface area contributed by atoms with E-state index >= 15 is 0 Å². The van der Waals surface area contributed by atoms with E-state index in [-0.39, 0.29) is 6.54 Å². The molecule has 6 nitrogen and oxygen atoms in total. The molecule has 0 radical (unpaired) electrons. The fourth-order valence-electron chi connectivity index (χ4n) is 2.56. The highest BCUT2D eigenvalue weighted by molar-refractivity contribution is 7.09. The Hall–Kier alpha value is -2.64. The summed E-state index contributed by atoms with van der Waals surface area (Å²) < 4.78 is 1.99. The molecule has 0 unspecified atom stereocenters. The molecule has 130 valence electrons. The average Bonchev–Trinajstić information content (AvgIpc) is 3.27. The predicted octanol–water partition coefficient (Wildman–Crippen LogP) is 1.71. The number of benzene rings is 1. The Bertz CT molecular complexity index is 886. The van der Waals surface area contributed by atoms with Crippen molar-refractivity contribution in [2.45, 2.75) is 12.6 Å². The normalized spacial score (nSPS) is 12.1. The topological polar surface area (TPSA) is 83.4 Å². The summed E-state index contributed by atoms with van der Waals surface area (Å²) in [4.78, 5) is 24.6. The fourth-order valence-corrected chi connectivity index (χ4v) is 3.20. The van der Waals surface area contributed by atoms with E-state index in [1.807, 2.05) is 59.6 Å². The minimum absolute atomic E-state index is 0.0242. The Balaban J connectivity index is 1.52. The molecule has 7 heteroatoms. The largest absolute Gasteiger partial charge is 0.387 e. The molecule has 0 aliphatic heterocycles. The lowest BCUT2D eigenvalue weighted by Gasteiger charge is -2.12. The third kappa shape index (κ3) is 4.07. The van der Waals surface area contributed by atoms with Crippen LogP contribution in [0.5, 0.6) is 0 Å². The number of carbonyl (C=O) groups is 2. The van der Waals surface area contributed by atoms with Gasteiger partial charge in [0, 0.05) is 30.2 Å². The Morgan fingerprint density at radius 3 is 2.76 bits per heavy atom. The van der Waals surface area contributed by atoms with Crippen molar-refractivity contribution in [3.8, 4) is 0 Å². The first-order valence-electron chi connectivity index (χ1n) is 7.86. The number of nitrogens with one attached hydrogen (secondary N) is 2. The molecule has 3 aromatic rings. The third-order valence-electron chi connectivity index (χ3n) is 3.96. The molecular weight excluding hydrogens is 338 g/mol. The van der Waals surface area contributed by atoms with Crippen molar-refractivity contribution in [3.63, 3.8) is 0 Å². The predicted molar refractivity (Wildman–Crippen MR) is 97.1 cm³/mol. The summed E-state index contributed by atoms with van der Waals surface area (Å²) in [5.41, 5.74) is 1.76. The molecular formula is C18H19N3O3S. The van der Waals surface area contributed by atoms with Crippen LogP contribution in [0.1, 0.15) is 16.5 Å². The molecule has 0 spiro atoms. The van der Waals surface area contributed by atoms with E-state index in [1.165, 1.54) is 11.3 Å². The van der Waals surface area contributed by atoms with E-state index < -0.39 is 17.9 Å². The molecule has 3 N–H and O–H groups in total. The molecule has 3 rings (SSSR count). The van der Waals surface area contributed by atoms with Crippen LogP contribution < -0.4 is 10.6 Å². The van der Waals surface area contributed by atoms with Crippen molar-refractivity contribution in [1.82, 2.24) is 15.2 Å². The van der Waals surface area contributed by atoms with Crippen molar-refractivity contribution in [3.05, 3.63) is 58.4 Å². The van der Waals surface area contributed by atoms with Gasteiger partial charge in [0.25, 0.3) is 0 Å². The zero-order valence-corrected chi connectivity index (χ0v) is 14.5. The van der Waals surface area contributed by atoms with Gasteiger partial charge in [0.1, 0.15) is 0 Å². The zero-order valence-electron chi connectivity index (χ0n) is 13.7. The van der Waals surface area contributed by atoms with E-state index in [0.29, 0.717) is 12.1 Å². The molecule has 2 aromatic heterocycles. The number of aliphatic hydroxyl groups excluding tert-OH is 1. The van der Waals surface area contributed by atoms with Gasteiger partial charge >= 0.3 is 11.8 Å². The molecule has 0 aliphatic carbocycles. The smallest absolute Gasteiger partial charge is 0.309 e. The first-order valence-corrected chi connectivity index (χ1v) is 8.74. The van der Waals surface area contributed by atoms with Gasteiger partial charge in [0.15, 0.2) is 0 Å². The molecule has 2 amide bonds. The summed E-state index contributed by atoms with van der Waals surface area (Å²) >= 11 is 1.51. The second-order valence-corrected chi connectivity index (χ2v) is 6.77. The highest BCUT2D eigenvalue weighted by atomic mass is 32.1. The van der Waals surface area contributed by atoms with Gasteiger partial charge in [0.05, 0.1) is 12.6 Å². The number of carbonyl (C=O) groups excluding carboxylic acids is 2. The second kappa shape index (κ2) is 7.50. The average molecular weight is 357 g/mol. The van der Waals surface area contributed by atoms with Crippen LogP contribution in [0, 0.1) is 0 Å². The van der Waals surface area contributed by atoms with Crippen molar-refractivity contribution in [2.75, 3.05) is 6.54 Å². The molecule has 0 saturated heterocycles. The third-order valence-corrected chi connectivity index (χ3v) is 4.84. The Morgan fingerprint density at radius 2 is 2.00 bits per heavy atom. The van der Waals surface area contributed by atoms with Crippen LogP contribution in [-0.2, 0) is 23.2 Å². The standard InChI is InChI=1S/C18H19N3O3S/c1-21-7-6-12-9-13(4-5-15(12)21)16(22)11-20-18(24)17(23)19-10-14-3-2-8-25-14/h2-9,16,22H,10-11H2,1H3,(H,19,23)(H,20,24)/t16-/m1/s1. The molecule has 2 heterocycles. The number of hydrogen-bond donors (Lipinski definition) is 3. The van der Waals surface area contributed by atoms with Gasteiger partial charge < -0.3 is 20.3 Å². The number of aliphatic hydroxyl groups is 1. The lowest BCUT2D eigenvalue weighted by molar-refractivity contribution is -0.139. The van der Waals surface area contributed by atoms with Gasteiger partial charge in [-0.3, -0.25) is 9.59 Å². The van der Waals surface area contributed by atoms with Gasteiger partial charge in [-0.25, -0.2) is 0 Å². The summed E-state index contributed by atoms with van der Waals surface area (Å²) in [6, 6.07) is 11.3. The number of thiophene rings is 1. The highest BCUT2D eigenvalue weighted by Crippen LogP contribution is 2.20. The molecule has 0 aliphatic rings. The van der Waals surface area contributed by atoms with Gasteiger partial charge in [-0.05, 0) is 40.6 Å².